The Hall–Kier alpha value is -0.530. The summed E-state index contributed by atoms with van der Waals surface area (Å²) in [5, 5.41) is 0. The Balaban J connectivity index is 1.92. The maximum absolute atomic E-state index is 12.3. The van der Waals surface area contributed by atoms with Gasteiger partial charge in [-0.25, -0.2) is 0 Å². The average molecular weight is 423 g/mol. The van der Waals surface area contributed by atoms with E-state index < -0.39 is 0 Å². The summed E-state index contributed by atoms with van der Waals surface area (Å²) in [5.41, 5.74) is 0. The average Bonchev–Trinajstić information content (AvgIpc) is 2.67. The van der Waals surface area contributed by atoms with E-state index in [1.807, 2.05) is 0 Å². The number of rotatable bonds is 17. The van der Waals surface area contributed by atoms with Crippen LogP contribution in [0.1, 0.15) is 144 Å². The van der Waals surface area contributed by atoms with Crippen LogP contribution in [0.2, 0.25) is 0 Å². The lowest BCUT2D eigenvalue weighted by atomic mass is 9.75. The van der Waals surface area contributed by atoms with Gasteiger partial charge in [-0.2, -0.15) is 0 Å². The Kier molecular flexibility index (Phi) is 15.7. The summed E-state index contributed by atoms with van der Waals surface area (Å²) in [6.07, 6.45) is 21.8. The number of hydrogen-bond acceptors (Lipinski definition) is 2. The largest absolute Gasteiger partial charge is 0.462 e. The highest BCUT2D eigenvalue weighted by atomic mass is 16.5. The van der Waals surface area contributed by atoms with Crippen molar-refractivity contribution in [3.05, 3.63) is 0 Å². The second kappa shape index (κ2) is 17.1. The van der Waals surface area contributed by atoms with Crippen LogP contribution < -0.4 is 0 Å². The van der Waals surface area contributed by atoms with Gasteiger partial charge in [0.1, 0.15) is 6.10 Å². The highest BCUT2D eigenvalue weighted by Gasteiger charge is 2.33. The molecule has 1 aliphatic rings. The summed E-state index contributed by atoms with van der Waals surface area (Å²) in [5.74, 6) is 2.79. The molecule has 0 saturated heterocycles. The molecule has 3 unspecified atom stereocenters. The van der Waals surface area contributed by atoms with E-state index in [2.05, 4.69) is 34.6 Å². The van der Waals surface area contributed by atoms with Gasteiger partial charge in [-0.05, 0) is 42.9 Å². The molecule has 0 aliphatic heterocycles. The van der Waals surface area contributed by atoms with Gasteiger partial charge in [-0.15, -0.1) is 0 Å². The summed E-state index contributed by atoms with van der Waals surface area (Å²) in [6, 6.07) is 0. The SMILES string of the molecule is CC(C)CCCCCCCCCCCCCCC(=O)OC1CC(C)CCC1C(C)C. The Morgan fingerprint density at radius 2 is 1.27 bits per heavy atom. The third kappa shape index (κ3) is 13.7. The molecule has 1 rings (SSSR count). The van der Waals surface area contributed by atoms with Crippen molar-refractivity contribution >= 4 is 5.97 Å². The molecule has 0 N–H and O–H groups in total. The fourth-order valence-electron chi connectivity index (χ4n) is 5.07. The van der Waals surface area contributed by atoms with Crippen molar-refractivity contribution in [1.29, 1.82) is 0 Å². The van der Waals surface area contributed by atoms with Crippen LogP contribution in [0, 0.1) is 23.7 Å². The second-order valence-electron chi connectivity index (χ2n) is 11.0. The molecule has 1 saturated carbocycles. The highest BCUT2D eigenvalue weighted by Crippen LogP contribution is 2.35. The summed E-state index contributed by atoms with van der Waals surface area (Å²) < 4.78 is 5.92. The van der Waals surface area contributed by atoms with Gasteiger partial charge in [0.15, 0.2) is 0 Å². The molecule has 0 aromatic heterocycles. The summed E-state index contributed by atoms with van der Waals surface area (Å²) in [6.45, 7) is 11.5. The fourth-order valence-corrected chi connectivity index (χ4v) is 5.07. The van der Waals surface area contributed by atoms with Gasteiger partial charge in [0, 0.05) is 6.42 Å². The molecular weight excluding hydrogens is 368 g/mol. The monoisotopic (exact) mass is 422 g/mol. The Morgan fingerprint density at radius 3 is 1.77 bits per heavy atom. The molecule has 1 fully saturated rings. The predicted octanol–water partition coefficient (Wildman–Crippen LogP) is 9.11. The number of ether oxygens (including phenoxy) is 1. The van der Waals surface area contributed by atoms with Crippen molar-refractivity contribution in [2.24, 2.45) is 23.7 Å². The minimum atomic E-state index is 0.0492. The molecule has 178 valence electrons. The smallest absolute Gasteiger partial charge is 0.306 e. The molecule has 0 aromatic rings. The van der Waals surface area contributed by atoms with E-state index in [9.17, 15) is 4.79 Å². The van der Waals surface area contributed by atoms with Gasteiger partial charge in [0.05, 0.1) is 0 Å². The lowest BCUT2D eigenvalue weighted by Gasteiger charge is -2.36. The lowest BCUT2D eigenvalue weighted by molar-refractivity contribution is -0.156. The Bertz CT molecular complexity index is 415. The molecule has 2 nitrogen and oxygen atoms in total. The number of hydrogen-bond donors (Lipinski definition) is 0. The third-order valence-electron chi connectivity index (χ3n) is 7.16. The van der Waals surface area contributed by atoms with E-state index in [0.29, 0.717) is 24.2 Å². The number of unbranched alkanes of at least 4 members (excludes halogenated alkanes) is 11. The zero-order valence-corrected chi connectivity index (χ0v) is 21.2. The zero-order valence-electron chi connectivity index (χ0n) is 21.2. The summed E-state index contributed by atoms with van der Waals surface area (Å²) >= 11 is 0. The van der Waals surface area contributed by atoms with Gasteiger partial charge >= 0.3 is 5.97 Å². The zero-order chi connectivity index (χ0) is 22.2. The minimum Gasteiger partial charge on any atom is -0.462 e. The van der Waals surface area contributed by atoms with Crippen molar-refractivity contribution < 1.29 is 9.53 Å². The quantitative estimate of drug-likeness (QED) is 0.172. The fraction of sp³-hybridized carbons (Fsp3) is 0.964. The molecule has 1 aliphatic carbocycles. The first-order valence-corrected chi connectivity index (χ1v) is 13.6. The van der Waals surface area contributed by atoms with E-state index in [1.165, 1.54) is 89.9 Å². The van der Waals surface area contributed by atoms with Crippen LogP contribution in [0.5, 0.6) is 0 Å². The first kappa shape index (κ1) is 27.5. The maximum atomic E-state index is 12.3. The Labute approximate surface area is 189 Å². The number of carbonyl (C=O) groups is 1. The lowest BCUT2D eigenvalue weighted by Crippen LogP contribution is -2.35. The van der Waals surface area contributed by atoms with Crippen molar-refractivity contribution in [3.63, 3.8) is 0 Å². The van der Waals surface area contributed by atoms with E-state index in [0.717, 1.165) is 18.8 Å². The van der Waals surface area contributed by atoms with Crippen molar-refractivity contribution in [1.82, 2.24) is 0 Å². The second-order valence-corrected chi connectivity index (χ2v) is 11.0. The molecule has 0 heterocycles. The standard InChI is InChI=1S/C28H54O2/c1-23(2)18-16-14-12-10-8-6-7-9-11-13-15-17-19-28(29)30-27-22-25(5)20-21-26(27)24(3)4/h23-27H,6-22H2,1-5H3. The maximum Gasteiger partial charge on any atom is 0.306 e. The van der Waals surface area contributed by atoms with Gasteiger partial charge in [0.25, 0.3) is 0 Å². The minimum absolute atomic E-state index is 0.0492. The molecule has 0 aromatic carbocycles. The van der Waals surface area contributed by atoms with Crippen molar-refractivity contribution in [2.75, 3.05) is 0 Å². The number of carbonyl (C=O) groups excluding carboxylic acids is 1. The molecule has 0 spiro atoms. The van der Waals surface area contributed by atoms with E-state index in [-0.39, 0.29) is 12.1 Å². The molecule has 2 heteroatoms. The topological polar surface area (TPSA) is 26.3 Å². The van der Waals surface area contributed by atoms with Crippen LogP contribution in [0.15, 0.2) is 0 Å². The van der Waals surface area contributed by atoms with Crippen molar-refractivity contribution in [3.8, 4) is 0 Å². The van der Waals surface area contributed by atoms with Gasteiger partial charge in [0.2, 0.25) is 0 Å². The van der Waals surface area contributed by atoms with E-state index in [1.54, 1.807) is 0 Å². The van der Waals surface area contributed by atoms with Crippen LogP contribution in [-0.4, -0.2) is 12.1 Å². The molecule has 30 heavy (non-hydrogen) atoms. The first-order valence-electron chi connectivity index (χ1n) is 13.6. The van der Waals surface area contributed by atoms with Gasteiger partial charge in [-0.1, -0.05) is 118 Å². The third-order valence-corrected chi connectivity index (χ3v) is 7.16. The number of esters is 1. The normalized spacial score (nSPS) is 22.0. The van der Waals surface area contributed by atoms with Crippen LogP contribution in [0.25, 0.3) is 0 Å². The van der Waals surface area contributed by atoms with E-state index >= 15 is 0 Å². The van der Waals surface area contributed by atoms with Gasteiger partial charge in [-0.3, -0.25) is 4.79 Å². The van der Waals surface area contributed by atoms with Crippen LogP contribution in [0.3, 0.4) is 0 Å². The summed E-state index contributed by atoms with van der Waals surface area (Å²) in [4.78, 5) is 12.3. The van der Waals surface area contributed by atoms with Gasteiger partial charge < -0.3 is 4.74 Å². The van der Waals surface area contributed by atoms with E-state index in [4.69, 9.17) is 4.74 Å². The molecule has 0 bridgehead atoms. The highest BCUT2D eigenvalue weighted by molar-refractivity contribution is 5.69. The predicted molar refractivity (Wildman–Crippen MR) is 131 cm³/mol. The molecule has 0 amide bonds. The molecule has 0 radical (unpaired) electrons. The molecule has 3 atom stereocenters. The van der Waals surface area contributed by atoms with Crippen LogP contribution in [-0.2, 0) is 9.53 Å². The summed E-state index contributed by atoms with van der Waals surface area (Å²) in [7, 11) is 0. The van der Waals surface area contributed by atoms with Crippen LogP contribution >= 0.6 is 0 Å². The van der Waals surface area contributed by atoms with Crippen LogP contribution in [0.4, 0.5) is 0 Å². The first-order chi connectivity index (χ1) is 14.4. The van der Waals surface area contributed by atoms with Crippen molar-refractivity contribution in [2.45, 2.75) is 150 Å². The Morgan fingerprint density at radius 1 is 0.767 bits per heavy atom. The molecular formula is C28H54O2.